The zero-order chi connectivity index (χ0) is 30.8. The fourth-order valence-electron chi connectivity index (χ4n) is 4.96. The summed E-state index contributed by atoms with van der Waals surface area (Å²) in [5.74, 6) is 0.648. The fourth-order valence-corrected chi connectivity index (χ4v) is 7.97. The first-order valence-electron chi connectivity index (χ1n) is 13.8. The molecule has 43 heavy (non-hydrogen) atoms. The molecule has 8 nitrogen and oxygen atoms in total. The Morgan fingerprint density at radius 1 is 0.791 bits per heavy atom. The lowest BCUT2D eigenvalue weighted by Gasteiger charge is -2.24. The van der Waals surface area contributed by atoms with Crippen LogP contribution in [0.15, 0.2) is 113 Å². The third-order valence-electron chi connectivity index (χ3n) is 7.42. The maximum Gasteiger partial charge on any atom is 0.268 e. The van der Waals surface area contributed by atoms with Crippen LogP contribution < -0.4 is 4.74 Å². The van der Waals surface area contributed by atoms with Gasteiger partial charge in [-0.3, -0.25) is 0 Å². The van der Waals surface area contributed by atoms with Gasteiger partial charge in [-0.1, -0.05) is 65.7 Å². The van der Waals surface area contributed by atoms with Crippen molar-refractivity contribution in [1.29, 1.82) is 0 Å². The van der Waals surface area contributed by atoms with Crippen LogP contribution in [0.4, 0.5) is 0 Å². The molecular weight excluding hydrogens is 585 g/mol. The summed E-state index contributed by atoms with van der Waals surface area (Å²) in [6.45, 7) is 3.75. The largest absolute Gasteiger partial charge is 0.497 e. The highest BCUT2D eigenvalue weighted by Gasteiger charge is 2.29. The number of aliphatic hydroxyl groups is 1. The molecular formula is C33H34N2O6S2. The van der Waals surface area contributed by atoms with Crippen LogP contribution in [0.2, 0.25) is 0 Å². The molecule has 1 unspecified atom stereocenters. The van der Waals surface area contributed by atoms with Gasteiger partial charge in [-0.2, -0.15) is 4.31 Å². The minimum Gasteiger partial charge on any atom is -0.497 e. The van der Waals surface area contributed by atoms with E-state index >= 15 is 0 Å². The molecule has 1 atom stereocenters. The summed E-state index contributed by atoms with van der Waals surface area (Å²) in [6.07, 6.45) is -1.32. The van der Waals surface area contributed by atoms with E-state index in [9.17, 15) is 21.9 Å². The van der Waals surface area contributed by atoms with Gasteiger partial charge in [-0.05, 0) is 74.4 Å². The van der Waals surface area contributed by atoms with Gasteiger partial charge in [0.05, 0.1) is 34.2 Å². The van der Waals surface area contributed by atoms with Gasteiger partial charge in [0.1, 0.15) is 5.75 Å². The molecule has 5 rings (SSSR count). The fraction of sp³-hybridized carbons (Fsp3) is 0.212. The Bertz CT molecular complexity index is 1930. The highest BCUT2D eigenvalue weighted by atomic mass is 32.2. The van der Waals surface area contributed by atoms with E-state index < -0.39 is 26.2 Å². The highest BCUT2D eigenvalue weighted by Crippen LogP contribution is 2.31. The molecule has 0 bridgehead atoms. The van der Waals surface area contributed by atoms with Crippen LogP contribution in [0.25, 0.3) is 10.9 Å². The van der Waals surface area contributed by atoms with Crippen molar-refractivity contribution >= 4 is 30.9 Å². The van der Waals surface area contributed by atoms with Gasteiger partial charge in [0.2, 0.25) is 10.0 Å². The van der Waals surface area contributed by atoms with Crippen LogP contribution >= 0.6 is 0 Å². The monoisotopic (exact) mass is 618 g/mol. The molecule has 0 aliphatic carbocycles. The van der Waals surface area contributed by atoms with E-state index in [1.807, 2.05) is 13.8 Å². The highest BCUT2D eigenvalue weighted by molar-refractivity contribution is 7.90. The van der Waals surface area contributed by atoms with Gasteiger partial charge in [-0.15, -0.1) is 0 Å². The third-order valence-corrected chi connectivity index (χ3v) is 11.0. The van der Waals surface area contributed by atoms with Gasteiger partial charge in [-0.25, -0.2) is 20.8 Å². The van der Waals surface area contributed by atoms with Crippen molar-refractivity contribution in [2.75, 3.05) is 13.7 Å². The summed E-state index contributed by atoms with van der Waals surface area (Å²) in [5, 5.41) is 12.1. The zero-order valence-electron chi connectivity index (χ0n) is 24.2. The summed E-state index contributed by atoms with van der Waals surface area (Å²) in [5.41, 5.74) is 3.18. The van der Waals surface area contributed by atoms with Crippen LogP contribution in [-0.2, 0) is 26.6 Å². The van der Waals surface area contributed by atoms with Gasteiger partial charge < -0.3 is 9.84 Å². The summed E-state index contributed by atoms with van der Waals surface area (Å²) in [7, 11) is -6.47. The molecule has 0 amide bonds. The molecule has 5 aromatic rings. The topological polar surface area (TPSA) is 106 Å². The Morgan fingerprint density at radius 3 is 1.98 bits per heavy atom. The van der Waals surface area contributed by atoms with Gasteiger partial charge in [0.25, 0.3) is 10.0 Å². The number of methoxy groups -OCH3 is 1. The van der Waals surface area contributed by atoms with E-state index in [-0.39, 0.29) is 35.0 Å². The molecule has 0 saturated carbocycles. The maximum absolute atomic E-state index is 13.9. The molecule has 0 aliphatic heterocycles. The first kappa shape index (κ1) is 30.5. The minimum atomic E-state index is -4.07. The van der Waals surface area contributed by atoms with E-state index in [0.717, 1.165) is 16.7 Å². The Balaban J connectivity index is 1.50. The smallest absolute Gasteiger partial charge is 0.268 e. The predicted octanol–water partition coefficient (Wildman–Crippen LogP) is 5.82. The van der Waals surface area contributed by atoms with Gasteiger partial charge >= 0.3 is 0 Å². The first-order valence-corrected chi connectivity index (χ1v) is 16.7. The number of aromatic nitrogens is 1. The molecule has 224 valence electrons. The number of ether oxygens (including phenoxy) is 1. The van der Waals surface area contributed by atoms with Crippen molar-refractivity contribution < 1.29 is 26.7 Å². The van der Waals surface area contributed by atoms with E-state index in [4.69, 9.17) is 4.74 Å². The van der Waals surface area contributed by atoms with Crippen LogP contribution in [0.1, 0.15) is 34.9 Å². The molecule has 0 fully saturated rings. The number of aliphatic hydroxyl groups excluding tert-OH is 1. The number of nitrogens with zero attached hydrogens (tertiary/aromatic N) is 2. The Hall–Kier alpha value is -3.96. The lowest BCUT2D eigenvalue weighted by molar-refractivity contribution is 0.152. The normalized spacial score (nSPS) is 13.0. The van der Waals surface area contributed by atoms with E-state index in [1.54, 1.807) is 110 Å². The molecule has 1 N–H and O–H groups in total. The SMILES string of the molecule is COc1ccc(CN(CCC(O)c2cc3ccccc3n2S(=O)(=O)c2ccc(C)cc2)S(=O)(=O)c2ccc(C)cc2)cc1. The van der Waals surface area contributed by atoms with E-state index in [1.165, 1.54) is 8.28 Å². The average molecular weight is 619 g/mol. The van der Waals surface area contributed by atoms with Crippen LogP contribution in [0.5, 0.6) is 5.75 Å². The minimum absolute atomic E-state index is 0.0407. The molecule has 1 aromatic heterocycles. The number of rotatable bonds is 11. The van der Waals surface area contributed by atoms with Crippen molar-refractivity contribution in [3.8, 4) is 5.75 Å². The van der Waals surface area contributed by atoms with Crippen molar-refractivity contribution in [3.63, 3.8) is 0 Å². The predicted molar refractivity (Wildman–Crippen MR) is 167 cm³/mol. The Labute approximate surface area is 252 Å². The molecule has 0 spiro atoms. The summed E-state index contributed by atoms with van der Waals surface area (Å²) in [4.78, 5) is 0.230. The second kappa shape index (κ2) is 12.3. The van der Waals surface area contributed by atoms with Gasteiger partial charge in [0.15, 0.2) is 0 Å². The van der Waals surface area contributed by atoms with E-state index in [0.29, 0.717) is 16.7 Å². The van der Waals surface area contributed by atoms with Gasteiger partial charge in [0, 0.05) is 18.5 Å². The molecule has 1 heterocycles. The van der Waals surface area contributed by atoms with Crippen LogP contribution in [-0.4, -0.2) is 43.9 Å². The quantitative estimate of drug-likeness (QED) is 0.200. The molecule has 0 radical (unpaired) electrons. The molecule has 0 saturated heterocycles. The molecule has 4 aromatic carbocycles. The van der Waals surface area contributed by atoms with E-state index in [2.05, 4.69) is 0 Å². The van der Waals surface area contributed by atoms with Crippen molar-refractivity contribution in [1.82, 2.24) is 8.28 Å². The average Bonchev–Trinajstić information content (AvgIpc) is 3.40. The number of hydrogen-bond donors (Lipinski definition) is 1. The number of hydrogen-bond acceptors (Lipinski definition) is 6. The van der Waals surface area contributed by atoms with Crippen molar-refractivity contribution in [3.05, 3.63) is 126 Å². The second-order valence-electron chi connectivity index (χ2n) is 10.5. The number of benzene rings is 4. The number of sulfonamides is 1. The lowest BCUT2D eigenvalue weighted by Crippen LogP contribution is -2.32. The summed E-state index contributed by atoms with van der Waals surface area (Å²) < 4.78 is 63.1. The number of fused-ring (bicyclic) bond motifs is 1. The first-order chi connectivity index (χ1) is 20.5. The standard InChI is InChI=1S/C33H34N2O6S2/c1-24-8-16-29(17-9-24)42(37,38)34(23-26-12-14-28(41-3)15-13-26)21-20-33(36)32-22-27-6-4-5-7-31(27)35(32)43(39,40)30-18-10-25(2)11-19-30/h4-19,22,33,36H,20-21,23H2,1-3H3. The Morgan fingerprint density at radius 2 is 1.37 bits per heavy atom. The zero-order valence-corrected chi connectivity index (χ0v) is 25.8. The summed E-state index contributed by atoms with van der Waals surface area (Å²) in [6, 6.07) is 28.9. The number of para-hydroxylation sites is 1. The van der Waals surface area contributed by atoms with Crippen LogP contribution in [0.3, 0.4) is 0 Å². The number of aryl methyl sites for hydroxylation is 2. The Kier molecular flexibility index (Phi) is 8.75. The molecule has 0 aliphatic rings. The lowest BCUT2D eigenvalue weighted by atomic mass is 10.1. The second-order valence-corrected chi connectivity index (χ2v) is 14.2. The third kappa shape index (κ3) is 6.37. The van der Waals surface area contributed by atoms with Crippen LogP contribution in [0, 0.1) is 13.8 Å². The summed E-state index contributed by atoms with van der Waals surface area (Å²) >= 11 is 0. The maximum atomic E-state index is 13.9. The molecule has 10 heteroatoms. The van der Waals surface area contributed by atoms with Crippen molar-refractivity contribution in [2.45, 2.75) is 42.7 Å². The van der Waals surface area contributed by atoms with Crippen molar-refractivity contribution in [2.24, 2.45) is 0 Å².